The lowest BCUT2D eigenvalue weighted by atomic mass is 9.92. The second-order valence-electron chi connectivity index (χ2n) is 12.0. The van der Waals surface area contributed by atoms with Gasteiger partial charge >= 0.3 is 12.5 Å². The van der Waals surface area contributed by atoms with Gasteiger partial charge in [0, 0.05) is 48.0 Å². The molecule has 3 heterocycles. The summed E-state index contributed by atoms with van der Waals surface area (Å²) in [6.45, 7) is 3.86. The predicted octanol–water partition coefficient (Wildman–Crippen LogP) is 7.88. The lowest BCUT2D eigenvalue weighted by Crippen LogP contribution is -2.35. The Labute approximate surface area is 279 Å². The van der Waals surface area contributed by atoms with E-state index in [2.05, 4.69) is 20.4 Å². The second-order valence-corrected chi connectivity index (χ2v) is 12.0. The number of halogens is 3. The van der Waals surface area contributed by atoms with Gasteiger partial charge in [-0.2, -0.15) is 0 Å². The highest BCUT2D eigenvalue weighted by molar-refractivity contribution is 5.90. The summed E-state index contributed by atoms with van der Waals surface area (Å²) in [5, 5.41) is 7.20. The monoisotopic (exact) mass is 670 g/mol. The Morgan fingerprint density at radius 3 is 2.51 bits per heavy atom. The number of carbonyl (C=O) groups excluding carboxylic acids is 2. The first-order chi connectivity index (χ1) is 23.4. The van der Waals surface area contributed by atoms with E-state index in [4.69, 9.17) is 4.74 Å². The van der Waals surface area contributed by atoms with Crippen LogP contribution < -0.4 is 20.9 Å². The molecule has 0 radical (unpaired) electrons. The number of nitrogens with zero attached hydrogens (tertiary/aromatic N) is 1. The lowest BCUT2D eigenvalue weighted by molar-refractivity contribution is -0.274. The first-order valence-corrected chi connectivity index (χ1v) is 15.5. The van der Waals surface area contributed by atoms with Crippen molar-refractivity contribution >= 4 is 34.1 Å². The molecule has 0 fully saturated rings. The van der Waals surface area contributed by atoms with Gasteiger partial charge in [0.1, 0.15) is 11.8 Å². The van der Waals surface area contributed by atoms with Crippen molar-refractivity contribution in [3.8, 4) is 16.9 Å². The summed E-state index contributed by atoms with van der Waals surface area (Å²) >= 11 is 0. The van der Waals surface area contributed by atoms with Gasteiger partial charge in [-0.1, -0.05) is 55.5 Å². The fourth-order valence-electron chi connectivity index (χ4n) is 6.12. The molecule has 1 aromatic heterocycles. The number of aromatic nitrogens is 1. The van der Waals surface area contributed by atoms with Crippen molar-refractivity contribution in [2.24, 2.45) is 0 Å². The average Bonchev–Trinajstić information content (AvgIpc) is 3.05. The number of amides is 2. The van der Waals surface area contributed by atoms with Gasteiger partial charge in [-0.15, -0.1) is 13.2 Å². The Kier molecular flexibility index (Phi) is 9.05. The molecule has 7 rings (SSSR count). The summed E-state index contributed by atoms with van der Waals surface area (Å²) in [6, 6.07) is 22.2. The molecule has 0 spiro atoms. The van der Waals surface area contributed by atoms with Gasteiger partial charge in [0.05, 0.1) is 6.61 Å². The van der Waals surface area contributed by atoms with Gasteiger partial charge in [-0.3, -0.25) is 14.9 Å². The molecule has 2 aliphatic heterocycles. The molecule has 2 amide bonds. The van der Waals surface area contributed by atoms with Crippen LogP contribution in [-0.4, -0.2) is 41.9 Å². The highest BCUT2D eigenvalue weighted by Crippen LogP contribution is 2.37. The van der Waals surface area contributed by atoms with Crippen molar-refractivity contribution in [2.75, 3.05) is 24.3 Å². The summed E-state index contributed by atoms with van der Waals surface area (Å²) in [4.78, 5) is 43.9. The number of aromatic amines is 1. The number of anilines is 2. The number of benzene rings is 4. The Morgan fingerprint density at radius 2 is 1.73 bits per heavy atom. The van der Waals surface area contributed by atoms with Crippen LogP contribution in [0.25, 0.3) is 21.9 Å². The molecule has 2 aliphatic rings. The Hall–Kier alpha value is -5.78. The molecule has 0 aliphatic carbocycles. The molecule has 3 N–H and O–H groups in total. The molecular formula is C37H33F3N4O5. The zero-order valence-electron chi connectivity index (χ0n) is 26.9. The van der Waals surface area contributed by atoms with E-state index < -0.39 is 24.2 Å². The number of H-pyrrole nitrogens is 1. The molecule has 0 saturated carbocycles. The number of rotatable bonds is 4. The molecule has 252 valence electrons. The van der Waals surface area contributed by atoms with Crippen molar-refractivity contribution in [3.63, 3.8) is 0 Å². The zero-order valence-corrected chi connectivity index (χ0v) is 26.9. The van der Waals surface area contributed by atoms with Crippen LogP contribution >= 0.6 is 0 Å². The molecule has 2 atom stereocenters. The third kappa shape index (κ3) is 7.38. The van der Waals surface area contributed by atoms with E-state index in [1.807, 2.05) is 32.0 Å². The summed E-state index contributed by atoms with van der Waals surface area (Å²) in [7, 11) is 1.59. The van der Waals surface area contributed by atoms with Gasteiger partial charge in [0.2, 0.25) is 5.91 Å². The first-order valence-electron chi connectivity index (χ1n) is 15.5. The number of fused-ring (bicyclic) bond motifs is 10. The van der Waals surface area contributed by atoms with Crippen molar-refractivity contribution in [1.82, 2.24) is 9.88 Å². The molecule has 9 nitrogen and oxygen atoms in total. The second kappa shape index (κ2) is 13.4. The summed E-state index contributed by atoms with van der Waals surface area (Å²) in [5.41, 5.74) is 4.02. The molecule has 0 saturated heterocycles. The van der Waals surface area contributed by atoms with Crippen molar-refractivity contribution < 1.29 is 32.2 Å². The molecule has 49 heavy (non-hydrogen) atoms. The molecule has 5 aromatic rings. The lowest BCUT2D eigenvalue weighted by Gasteiger charge is -2.28. The quantitative estimate of drug-likeness (QED) is 0.179. The van der Waals surface area contributed by atoms with Gasteiger partial charge in [0.15, 0.2) is 0 Å². The van der Waals surface area contributed by atoms with Crippen LogP contribution in [0.4, 0.5) is 29.3 Å². The number of carbonyl (C=O) groups is 2. The third-order valence-corrected chi connectivity index (χ3v) is 8.49. The minimum atomic E-state index is -4.93. The number of hydrogen-bond donors (Lipinski definition) is 3. The molecule has 0 unspecified atom stereocenters. The fraction of sp³-hybridized carbons (Fsp3) is 0.216. The summed E-state index contributed by atoms with van der Waals surface area (Å²) < 4.78 is 50.0. The van der Waals surface area contributed by atoms with Crippen LogP contribution in [0.3, 0.4) is 0 Å². The Morgan fingerprint density at radius 1 is 0.939 bits per heavy atom. The van der Waals surface area contributed by atoms with E-state index >= 15 is 0 Å². The van der Waals surface area contributed by atoms with Crippen molar-refractivity contribution in [3.05, 3.63) is 124 Å². The standard InChI is InChI=1S/C37H33F3N4O5/c1-21-16-24-9-12-28(21)22(2)20-48-36(47)43-26-11-13-29(30-6-4-5-7-32(30)49-37(38,39)40)25(17-26)19-44(3)35(46)33(24)42-27-10-8-23-14-15-41-34(45)31(23)18-27/h4-18,22,33,42H,19-20H2,1-3H3,(H,41,45)(H,43,47)/t22-,33+/m0/s1. The number of pyridine rings is 1. The normalized spacial score (nSPS) is 17.1. The van der Waals surface area contributed by atoms with E-state index in [0.29, 0.717) is 33.5 Å². The highest BCUT2D eigenvalue weighted by atomic mass is 19.4. The van der Waals surface area contributed by atoms with Crippen LogP contribution in [0.15, 0.2) is 95.9 Å². The number of aryl methyl sites for hydroxylation is 1. The largest absolute Gasteiger partial charge is 0.573 e. The SMILES string of the molecule is Cc1cc2ccc1[C@@H](C)COC(=O)Nc1ccc(-c3ccccc3OC(F)(F)F)c(c1)CN(C)C(=O)[C@@H]2Nc1ccc2cc[nH]c(=O)c2c1. The Balaban J connectivity index is 1.45. The maximum absolute atomic E-state index is 14.4. The molecular weight excluding hydrogens is 637 g/mol. The van der Waals surface area contributed by atoms with Gasteiger partial charge in [-0.25, -0.2) is 4.79 Å². The van der Waals surface area contributed by atoms with Gasteiger partial charge < -0.3 is 24.7 Å². The number of likely N-dealkylation sites (N-methyl/N-ethyl adjacent to an activating group) is 1. The van der Waals surface area contributed by atoms with Crippen LogP contribution in [0.2, 0.25) is 0 Å². The minimum Gasteiger partial charge on any atom is -0.449 e. The summed E-state index contributed by atoms with van der Waals surface area (Å²) in [5.74, 6) is -0.937. The van der Waals surface area contributed by atoms with Crippen molar-refractivity contribution in [1.29, 1.82) is 0 Å². The maximum atomic E-state index is 14.4. The van der Waals surface area contributed by atoms with Crippen LogP contribution in [0.5, 0.6) is 5.75 Å². The fourth-order valence-corrected chi connectivity index (χ4v) is 6.12. The smallest absolute Gasteiger partial charge is 0.449 e. The number of nitrogens with one attached hydrogen (secondary N) is 3. The molecule has 4 bridgehead atoms. The molecule has 12 heteroatoms. The maximum Gasteiger partial charge on any atom is 0.573 e. The van der Waals surface area contributed by atoms with Crippen LogP contribution in [0.1, 0.15) is 41.1 Å². The van der Waals surface area contributed by atoms with E-state index in [9.17, 15) is 27.6 Å². The minimum absolute atomic E-state index is 0.0528. The number of ether oxygens (including phenoxy) is 2. The van der Waals surface area contributed by atoms with Gasteiger partial charge in [-0.05, 0) is 76.5 Å². The summed E-state index contributed by atoms with van der Waals surface area (Å²) in [6.07, 6.45) is -4.07. The number of para-hydroxylation sites is 1. The van der Waals surface area contributed by atoms with Crippen LogP contribution in [-0.2, 0) is 16.1 Å². The van der Waals surface area contributed by atoms with E-state index in [1.54, 1.807) is 61.8 Å². The third-order valence-electron chi connectivity index (χ3n) is 8.49. The number of hydrogen-bond acceptors (Lipinski definition) is 6. The zero-order chi connectivity index (χ0) is 34.9. The van der Waals surface area contributed by atoms with E-state index in [0.717, 1.165) is 16.5 Å². The topological polar surface area (TPSA) is 113 Å². The van der Waals surface area contributed by atoms with Crippen LogP contribution in [0, 0.1) is 6.92 Å². The van der Waals surface area contributed by atoms with Gasteiger partial charge in [0.25, 0.3) is 5.56 Å². The van der Waals surface area contributed by atoms with Crippen molar-refractivity contribution in [2.45, 2.75) is 38.7 Å². The van der Waals surface area contributed by atoms with E-state index in [1.165, 1.54) is 23.1 Å². The highest BCUT2D eigenvalue weighted by Gasteiger charge is 2.33. The van der Waals surface area contributed by atoms with E-state index in [-0.39, 0.29) is 36.1 Å². The molecule has 4 aromatic carbocycles. The number of alkyl halides is 3. The first kappa shape index (κ1) is 33.1. The average molecular weight is 671 g/mol. The Bertz CT molecular complexity index is 2110. The predicted molar refractivity (Wildman–Crippen MR) is 181 cm³/mol.